The number of hydrogen-bond donors (Lipinski definition) is 1. The molecule has 0 atom stereocenters. The van der Waals surface area contributed by atoms with E-state index in [0.29, 0.717) is 18.7 Å². The summed E-state index contributed by atoms with van der Waals surface area (Å²) in [5.41, 5.74) is 3.21. The van der Waals surface area contributed by atoms with Gasteiger partial charge in [-0.2, -0.15) is 5.10 Å². The van der Waals surface area contributed by atoms with Crippen LogP contribution in [-0.2, 0) is 12.0 Å². The fourth-order valence-corrected chi connectivity index (χ4v) is 3.20. The Kier molecular flexibility index (Phi) is 4.10. The smallest absolute Gasteiger partial charge is 0.254 e. The molecule has 0 spiro atoms. The molecule has 0 aliphatic heterocycles. The second-order valence-electron chi connectivity index (χ2n) is 6.74. The number of aromatic nitrogens is 2. The monoisotopic (exact) mass is 331 g/mol. The number of benzene rings is 2. The van der Waals surface area contributed by atoms with Crippen molar-refractivity contribution in [3.05, 3.63) is 89.7 Å². The van der Waals surface area contributed by atoms with Gasteiger partial charge >= 0.3 is 0 Å². The molecule has 0 saturated heterocycles. The van der Waals surface area contributed by atoms with E-state index in [2.05, 4.69) is 46.8 Å². The molecular formula is C21H21N3O. The van der Waals surface area contributed by atoms with Crippen LogP contribution in [0.25, 0.3) is 0 Å². The first-order chi connectivity index (χ1) is 12.3. The quantitative estimate of drug-likeness (QED) is 0.752. The van der Waals surface area contributed by atoms with E-state index in [1.807, 2.05) is 30.5 Å². The minimum absolute atomic E-state index is 0.0542. The molecule has 1 aliphatic rings. The lowest BCUT2D eigenvalue weighted by molar-refractivity contribution is 0.0949. The van der Waals surface area contributed by atoms with Crippen molar-refractivity contribution in [3.63, 3.8) is 0 Å². The zero-order chi connectivity index (χ0) is 17.1. The Morgan fingerprint density at radius 2 is 1.72 bits per heavy atom. The zero-order valence-corrected chi connectivity index (χ0v) is 14.1. The molecule has 0 bridgehead atoms. The first-order valence-corrected chi connectivity index (χ1v) is 8.65. The summed E-state index contributed by atoms with van der Waals surface area (Å²) in [5, 5.41) is 7.39. The summed E-state index contributed by atoms with van der Waals surface area (Å²) in [4.78, 5) is 12.5. The predicted octanol–water partition coefficient (Wildman–Crippen LogP) is 3.39. The molecule has 1 amide bonds. The van der Waals surface area contributed by atoms with Gasteiger partial charge in [-0.05, 0) is 24.0 Å². The number of nitrogens with zero attached hydrogens (tertiary/aromatic N) is 2. The van der Waals surface area contributed by atoms with Crippen molar-refractivity contribution in [1.82, 2.24) is 15.1 Å². The van der Waals surface area contributed by atoms with Gasteiger partial charge in [0, 0.05) is 18.2 Å². The molecule has 1 aromatic heterocycles. The van der Waals surface area contributed by atoms with Gasteiger partial charge in [0.25, 0.3) is 5.91 Å². The highest BCUT2D eigenvalue weighted by atomic mass is 16.1. The van der Waals surface area contributed by atoms with Crippen LogP contribution in [0.2, 0.25) is 0 Å². The fourth-order valence-electron chi connectivity index (χ4n) is 3.20. The third kappa shape index (κ3) is 3.48. The van der Waals surface area contributed by atoms with Gasteiger partial charge in [-0.15, -0.1) is 0 Å². The molecule has 1 aliphatic carbocycles. The highest BCUT2D eigenvalue weighted by Crippen LogP contribution is 2.47. The Labute approximate surface area is 147 Å². The Hall–Kier alpha value is -2.88. The average Bonchev–Trinajstić information content (AvgIpc) is 3.32. The number of carbonyl (C=O) groups excluding carboxylic acids is 1. The maximum atomic E-state index is 12.5. The summed E-state index contributed by atoms with van der Waals surface area (Å²) in [6.45, 7) is 1.35. The highest BCUT2D eigenvalue weighted by Gasteiger charge is 2.44. The second kappa shape index (κ2) is 6.55. The van der Waals surface area contributed by atoms with Crippen molar-refractivity contribution in [3.8, 4) is 0 Å². The number of carbonyl (C=O) groups is 1. The maximum absolute atomic E-state index is 12.5. The van der Waals surface area contributed by atoms with Gasteiger partial charge in [-0.3, -0.25) is 9.48 Å². The third-order valence-corrected chi connectivity index (χ3v) is 4.91. The van der Waals surface area contributed by atoms with E-state index < -0.39 is 0 Å². The van der Waals surface area contributed by atoms with Crippen LogP contribution in [0.15, 0.2) is 73.1 Å². The van der Waals surface area contributed by atoms with E-state index in [-0.39, 0.29) is 11.3 Å². The molecule has 25 heavy (non-hydrogen) atoms. The fraction of sp³-hybridized carbons (Fsp3) is 0.238. The largest absolute Gasteiger partial charge is 0.351 e. The summed E-state index contributed by atoms with van der Waals surface area (Å²) >= 11 is 0. The van der Waals surface area contributed by atoms with Gasteiger partial charge in [-0.25, -0.2) is 0 Å². The van der Waals surface area contributed by atoms with Crippen molar-refractivity contribution in [1.29, 1.82) is 0 Å². The zero-order valence-electron chi connectivity index (χ0n) is 14.1. The van der Waals surface area contributed by atoms with E-state index in [9.17, 15) is 4.79 Å². The average molecular weight is 331 g/mol. The van der Waals surface area contributed by atoms with Gasteiger partial charge in [0.1, 0.15) is 0 Å². The second-order valence-corrected chi connectivity index (χ2v) is 6.74. The van der Waals surface area contributed by atoms with Crippen molar-refractivity contribution >= 4 is 5.91 Å². The summed E-state index contributed by atoms with van der Waals surface area (Å²) < 4.78 is 1.80. The van der Waals surface area contributed by atoms with Crippen LogP contribution in [0, 0.1) is 0 Å². The Bertz CT molecular complexity index is 851. The number of amides is 1. The third-order valence-electron chi connectivity index (χ3n) is 4.91. The normalized spacial score (nSPS) is 14.9. The standard InChI is InChI=1S/C21H21N3O/c25-20(22-16-21(11-12-21)19-9-5-2-6-10-19)18-13-23-24(15-18)14-17-7-3-1-4-8-17/h1-10,13,15H,11-12,14,16H2,(H,22,25). The molecule has 2 aromatic carbocycles. The van der Waals surface area contributed by atoms with E-state index >= 15 is 0 Å². The highest BCUT2D eigenvalue weighted by molar-refractivity contribution is 5.93. The minimum atomic E-state index is -0.0542. The lowest BCUT2D eigenvalue weighted by atomic mass is 9.96. The van der Waals surface area contributed by atoms with Crippen LogP contribution in [-0.4, -0.2) is 22.2 Å². The Balaban J connectivity index is 1.38. The number of hydrogen-bond acceptors (Lipinski definition) is 2. The molecular weight excluding hydrogens is 310 g/mol. The molecule has 1 heterocycles. The van der Waals surface area contributed by atoms with Crippen molar-refractivity contribution in [2.24, 2.45) is 0 Å². The summed E-state index contributed by atoms with van der Waals surface area (Å²) in [7, 11) is 0. The molecule has 3 aromatic rings. The van der Waals surface area contributed by atoms with Crippen LogP contribution >= 0.6 is 0 Å². The van der Waals surface area contributed by atoms with Gasteiger partial charge in [0.15, 0.2) is 0 Å². The molecule has 1 saturated carbocycles. The molecule has 0 radical (unpaired) electrons. The summed E-state index contributed by atoms with van der Waals surface area (Å²) in [6, 6.07) is 20.6. The topological polar surface area (TPSA) is 46.9 Å². The SMILES string of the molecule is O=C(NCC1(c2ccccc2)CC1)c1cnn(Cc2ccccc2)c1. The van der Waals surface area contributed by atoms with Gasteiger partial charge in [0.2, 0.25) is 0 Å². The molecule has 1 N–H and O–H groups in total. The van der Waals surface area contributed by atoms with Gasteiger partial charge in [0.05, 0.1) is 18.3 Å². The van der Waals surface area contributed by atoms with Crippen LogP contribution in [0.5, 0.6) is 0 Å². The van der Waals surface area contributed by atoms with Crippen molar-refractivity contribution in [2.75, 3.05) is 6.54 Å². The minimum Gasteiger partial charge on any atom is -0.351 e. The van der Waals surface area contributed by atoms with Crippen molar-refractivity contribution < 1.29 is 4.79 Å². The number of rotatable bonds is 6. The lowest BCUT2D eigenvalue weighted by Crippen LogP contribution is -2.32. The van der Waals surface area contributed by atoms with E-state index in [4.69, 9.17) is 0 Å². The van der Waals surface area contributed by atoms with Crippen molar-refractivity contribution in [2.45, 2.75) is 24.8 Å². The van der Waals surface area contributed by atoms with E-state index in [1.54, 1.807) is 10.9 Å². The molecule has 4 nitrogen and oxygen atoms in total. The first kappa shape index (κ1) is 15.6. The van der Waals surface area contributed by atoms with Crippen LogP contribution < -0.4 is 5.32 Å². The van der Waals surface area contributed by atoms with Crippen LogP contribution in [0.3, 0.4) is 0 Å². The molecule has 0 unspecified atom stereocenters. The lowest BCUT2D eigenvalue weighted by Gasteiger charge is -2.16. The summed E-state index contributed by atoms with van der Waals surface area (Å²) in [6.07, 6.45) is 5.71. The van der Waals surface area contributed by atoms with Gasteiger partial charge < -0.3 is 5.32 Å². The predicted molar refractivity (Wildman–Crippen MR) is 97.5 cm³/mol. The Morgan fingerprint density at radius 1 is 1.04 bits per heavy atom. The van der Waals surface area contributed by atoms with Gasteiger partial charge in [-0.1, -0.05) is 60.7 Å². The molecule has 4 rings (SSSR count). The van der Waals surface area contributed by atoms with E-state index in [0.717, 1.165) is 12.8 Å². The maximum Gasteiger partial charge on any atom is 0.254 e. The van der Waals surface area contributed by atoms with Crippen LogP contribution in [0.4, 0.5) is 0 Å². The van der Waals surface area contributed by atoms with Crippen LogP contribution in [0.1, 0.15) is 34.3 Å². The first-order valence-electron chi connectivity index (χ1n) is 8.65. The Morgan fingerprint density at radius 3 is 2.40 bits per heavy atom. The van der Waals surface area contributed by atoms with E-state index in [1.165, 1.54) is 11.1 Å². The molecule has 126 valence electrons. The number of nitrogens with one attached hydrogen (secondary N) is 1. The molecule has 4 heteroatoms. The molecule has 1 fully saturated rings. The summed E-state index contributed by atoms with van der Waals surface area (Å²) in [5.74, 6) is -0.0542.